The number of aromatic nitrogens is 4. The summed E-state index contributed by atoms with van der Waals surface area (Å²) in [5.74, 6) is 0.657. The van der Waals surface area contributed by atoms with Crippen LogP contribution in [0.2, 0.25) is 0 Å². The molecule has 1 amide bonds. The highest BCUT2D eigenvalue weighted by atomic mass is 16.1. The monoisotopic (exact) mass is 329 g/mol. The van der Waals surface area contributed by atoms with Gasteiger partial charge in [0.1, 0.15) is 12.1 Å². The van der Waals surface area contributed by atoms with Gasteiger partial charge in [-0.1, -0.05) is 18.2 Å². The zero-order chi connectivity index (χ0) is 17.1. The average Bonchev–Trinajstić information content (AvgIpc) is 3.21. The summed E-state index contributed by atoms with van der Waals surface area (Å²) < 4.78 is 1.82. The standard InChI is InChI=1S/C19H15N5O/c25-19(16-3-1-5-17-15(16)4-2-8-21-17)23-12-14-6-7-18(22-11-14)24-10-9-20-13-24/h1-11,13H,12H2,(H,23,25). The maximum atomic E-state index is 12.5. The van der Waals surface area contributed by atoms with E-state index in [1.807, 2.05) is 47.2 Å². The van der Waals surface area contributed by atoms with Crippen LogP contribution in [0.25, 0.3) is 16.7 Å². The highest BCUT2D eigenvalue weighted by Crippen LogP contribution is 2.16. The molecule has 0 saturated carbocycles. The molecule has 1 N–H and O–H groups in total. The summed E-state index contributed by atoms with van der Waals surface area (Å²) in [5, 5.41) is 3.78. The molecule has 6 heteroatoms. The number of carbonyl (C=O) groups is 1. The third-order valence-electron chi connectivity index (χ3n) is 3.92. The summed E-state index contributed by atoms with van der Waals surface area (Å²) in [6, 6.07) is 13.1. The molecule has 6 nitrogen and oxygen atoms in total. The van der Waals surface area contributed by atoms with Crippen molar-refractivity contribution in [3.8, 4) is 5.82 Å². The number of benzene rings is 1. The molecule has 25 heavy (non-hydrogen) atoms. The Morgan fingerprint density at radius 2 is 2.00 bits per heavy atom. The SMILES string of the molecule is O=C(NCc1ccc(-n2ccnc2)nc1)c1cccc2ncccc12. The van der Waals surface area contributed by atoms with E-state index in [4.69, 9.17) is 0 Å². The van der Waals surface area contributed by atoms with Crippen molar-refractivity contribution in [2.75, 3.05) is 0 Å². The van der Waals surface area contributed by atoms with Gasteiger partial charge in [0.15, 0.2) is 0 Å². The third-order valence-corrected chi connectivity index (χ3v) is 3.92. The summed E-state index contributed by atoms with van der Waals surface area (Å²) in [6.07, 6.45) is 8.70. The topological polar surface area (TPSA) is 72.7 Å². The first-order valence-electron chi connectivity index (χ1n) is 7.86. The quantitative estimate of drug-likeness (QED) is 0.625. The lowest BCUT2D eigenvalue weighted by Gasteiger charge is -2.08. The van der Waals surface area contributed by atoms with E-state index in [9.17, 15) is 4.79 Å². The molecule has 4 rings (SSSR count). The van der Waals surface area contributed by atoms with Gasteiger partial charge in [-0.05, 0) is 29.8 Å². The van der Waals surface area contributed by atoms with Crippen LogP contribution in [-0.2, 0) is 6.54 Å². The molecule has 0 spiro atoms. The van der Waals surface area contributed by atoms with Crippen molar-refractivity contribution in [2.24, 2.45) is 0 Å². The van der Waals surface area contributed by atoms with Crippen molar-refractivity contribution in [3.63, 3.8) is 0 Å². The molecule has 3 heterocycles. The van der Waals surface area contributed by atoms with Gasteiger partial charge in [0, 0.05) is 42.3 Å². The molecule has 0 bridgehead atoms. The number of hydrogen-bond donors (Lipinski definition) is 1. The summed E-state index contributed by atoms with van der Waals surface area (Å²) in [6.45, 7) is 0.409. The Kier molecular flexibility index (Phi) is 3.92. The van der Waals surface area contributed by atoms with E-state index < -0.39 is 0 Å². The number of carbonyl (C=O) groups excluding carboxylic acids is 1. The second-order valence-corrected chi connectivity index (χ2v) is 5.55. The molecular formula is C19H15N5O. The van der Waals surface area contributed by atoms with Gasteiger partial charge in [0.05, 0.1) is 5.52 Å². The highest BCUT2D eigenvalue weighted by molar-refractivity contribution is 6.06. The van der Waals surface area contributed by atoms with E-state index in [1.54, 1.807) is 31.0 Å². The maximum absolute atomic E-state index is 12.5. The van der Waals surface area contributed by atoms with E-state index in [0.29, 0.717) is 12.1 Å². The van der Waals surface area contributed by atoms with Gasteiger partial charge in [0.2, 0.25) is 0 Å². The van der Waals surface area contributed by atoms with Crippen LogP contribution < -0.4 is 5.32 Å². The Morgan fingerprint density at radius 1 is 1.04 bits per heavy atom. The molecule has 0 unspecified atom stereocenters. The van der Waals surface area contributed by atoms with Gasteiger partial charge >= 0.3 is 0 Å². The summed E-state index contributed by atoms with van der Waals surface area (Å²) in [7, 11) is 0. The van der Waals surface area contributed by atoms with E-state index in [2.05, 4.69) is 20.3 Å². The van der Waals surface area contributed by atoms with E-state index in [1.165, 1.54) is 0 Å². The van der Waals surface area contributed by atoms with E-state index in [-0.39, 0.29) is 5.91 Å². The lowest BCUT2D eigenvalue weighted by atomic mass is 10.1. The molecule has 0 aliphatic heterocycles. The molecule has 4 aromatic rings. The molecule has 0 aliphatic rings. The first-order chi connectivity index (χ1) is 12.3. The maximum Gasteiger partial charge on any atom is 0.252 e. The molecule has 0 atom stereocenters. The van der Waals surface area contributed by atoms with Crippen LogP contribution in [0.15, 0.2) is 73.6 Å². The fourth-order valence-electron chi connectivity index (χ4n) is 2.65. The Labute approximate surface area is 144 Å². The normalized spacial score (nSPS) is 10.7. The number of rotatable bonds is 4. The van der Waals surface area contributed by atoms with Gasteiger partial charge in [0.25, 0.3) is 5.91 Å². The summed E-state index contributed by atoms with van der Waals surface area (Å²) >= 11 is 0. The Morgan fingerprint density at radius 3 is 2.80 bits per heavy atom. The zero-order valence-electron chi connectivity index (χ0n) is 13.3. The van der Waals surface area contributed by atoms with Crippen LogP contribution in [0.3, 0.4) is 0 Å². The van der Waals surface area contributed by atoms with Crippen LogP contribution in [0.4, 0.5) is 0 Å². The smallest absolute Gasteiger partial charge is 0.252 e. The van der Waals surface area contributed by atoms with Gasteiger partial charge < -0.3 is 5.32 Å². The van der Waals surface area contributed by atoms with E-state index in [0.717, 1.165) is 22.3 Å². The first kappa shape index (κ1) is 15.0. The van der Waals surface area contributed by atoms with Crippen LogP contribution in [-0.4, -0.2) is 25.4 Å². The summed E-state index contributed by atoms with van der Waals surface area (Å²) in [4.78, 5) is 25.2. The second-order valence-electron chi connectivity index (χ2n) is 5.55. The molecule has 0 saturated heterocycles. The number of pyridine rings is 2. The lowest BCUT2D eigenvalue weighted by molar-refractivity contribution is 0.0952. The third kappa shape index (κ3) is 3.10. The molecule has 1 aromatic carbocycles. The van der Waals surface area contributed by atoms with Crippen LogP contribution in [0.5, 0.6) is 0 Å². The van der Waals surface area contributed by atoms with Crippen molar-refractivity contribution < 1.29 is 4.79 Å². The highest BCUT2D eigenvalue weighted by Gasteiger charge is 2.10. The van der Waals surface area contributed by atoms with Gasteiger partial charge in [-0.2, -0.15) is 0 Å². The van der Waals surface area contributed by atoms with Crippen LogP contribution in [0.1, 0.15) is 15.9 Å². The van der Waals surface area contributed by atoms with Gasteiger partial charge in [-0.3, -0.25) is 14.3 Å². The number of fused-ring (bicyclic) bond motifs is 1. The molecule has 122 valence electrons. The largest absolute Gasteiger partial charge is 0.348 e. The fourth-order valence-corrected chi connectivity index (χ4v) is 2.65. The minimum Gasteiger partial charge on any atom is -0.348 e. The molecular weight excluding hydrogens is 314 g/mol. The molecule has 0 aliphatic carbocycles. The first-order valence-corrected chi connectivity index (χ1v) is 7.86. The predicted octanol–water partition coefficient (Wildman–Crippen LogP) is 2.75. The molecule has 3 aromatic heterocycles. The number of imidazole rings is 1. The number of amides is 1. The van der Waals surface area contributed by atoms with Crippen molar-refractivity contribution in [1.29, 1.82) is 0 Å². The average molecular weight is 329 g/mol. The number of nitrogens with one attached hydrogen (secondary N) is 1. The van der Waals surface area contributed by atoms with E-state index >= 15 is 0 Å². The fraction of sp³-hybridized carbons (Fsp3) is 0.0526. The lowest BCUT2D eigenvalue weighted by Crippen LogP contribution is -2.23. The van der Waals surface area contributed by atoms with Crippen molar-refractivity contribution in [1.82, 2.24) is 24.8 Å². The van der Waals surface area contributed by atoms with Gasteiger partial charge in [-0.15, -0.1) is 0 Å². The van der Waals surface area contributed by atoms with Crippen LogP contribution >= 0.6 is 0 Å². The summed E-state index contributed by atoms with van der Waals surface area (Å²) in [5.41, 5.74) is 2.35. The van der Waals surface area contributed by atoms with Crippen molar-refractivity contribution >= 4 is 16.8 Å². The molecule has 0 fully saturated rings. The van der Waals surface area contributed by atoms with Crippen molar-refractivity contribution in [2.45, 2.75) is 6.54 Å². The zero-order valence-corrected chi connectivity index (χ0v) is 13.3. The van der Waals surface area contributed by atoms with Crippen LogP contribution in [0, 0.1) is 0 Å². The predicted molar refractivity (Wildman–Crippen MR) is 94.3 cm³/mol. The minimum absolute atomic E-state index is 0.128. The van der Waals surface area contributed by atoms with Crippen molar-refractivity contribution in [3.05, 3.63) is 84.7 Å². The second kappa shape index (κ2) is 6.52. The Hall–Kier alpha value is -3.54. The Balaban J connectivity index is 1.48. The molecule has 0 radical (unpaired) electrons. The Bertz CT molecular complexity index is 1000. The number of hydrogen-bond acceptors (Lipinski definition) is 4. The van der Waals surface area contributed by atoms with Gasteiger partial charge in [-0.25, -0.2) is 9.97 Å². The minimum atomic E-state index is -0.128. The number of nitrogens with zero attached hydrogens (tertiary/aromatic N) is 4.